The van der Waals surface area contributed by atoms with E-state index in [4.69, 9.17) is 0 Å². The van der Waals surface area contributed by atoms with Crippen molar-refractivity contribution < 1.29 is 18.4 Å². The molecule has 1 fully saturated rings. The number of carbonyl (C=O) groups is 2. The van der Waals surface area contributed by atoms with E-state index in [1.165, 1.54) is 13.1 Å². The number of carbonyl (C=O) groups excluding carboxylic acids is 2. The molecule has 0 spiro atoms. The molecule has 1 saturated heterocycles. The number of amides is 2. The third-order valence-electron chi connectivity index (χ3n) is 4.05. The fraction of sp³-hybridized carbons (Fsp3) is 0.375. The van der Waals surface area contributed by atoms with Gasteiger partial charge in [-0.05, 0) is 25.9 Å². The molecule has 26 heavy (non-hydrogen) atoms. The van der Waals surface area contributed by atoms with Crippen LogP contribution in [-0.4, -0.2) is 39.9 Å². The summed E-state index contributed by atoms with van der Waals surface area (Å²) < 4.78 is 28.6. The molecule has 0 saturated carbocycles. The van der Waals surface area contributed by atoms with E-state index in [9.17, 15) is 18.4 Å². The number of anilines is 2. The van der Waals surface area contributed by atoms with E-state index in [1.807, 2.05) is 0 Å². The number of aromatic nitrogens is 3. The molecule has 1 aliphatic heterocycles. The Morgan fingerprint density at radius 3 is 2.38 bits per heavy atom. The molecule has 1 aliphatic rings. The van der Waals surface area contributed by atoms with E-state index < -0.39 is 23.4 Å². The van der Waals surface area contributed by atoms with Crippen molar-refractivity contribution >= 4 is 23.2 Å². The second kappa shape index (κ2) is 7.56. The van der Waals surface area contributed by atoms with Gasteiger partial charge in [0.05, 0.1) is 23.6 Å². The first-order chi connectivity index (χ1) is 12.4. The fourth-order valence-electron chi connectivity index (χ4n) is 2.76. The van der Waals surface area contributed by atoms with Gasteiger partial charge in [-0.3, -0.25) is 9.59 Å². The highest BCUT2D eigenvalue weighted by Crippen LogP contribution is 2.26. The normalized spacial score (nSPS) is 14.9. The molecule has 3 rings (SSSR count). The number of nitrogens with one attached hydrogen (secondary N) is 3. The minimum atomic E-state index is -1.15. The molecule has 2 heterocycles. The van der Waals surface area contributed by atoms with Gasteiger partial charge in [-0.2, -0.15) is 0 Å². The molecule has 0 radical (unpaired) electrons. The Morgan fingerprint density at radius 1 is 1.15 bits per heavy atom. The second-order valence-electron chi connectivity index (χ2n) is 6.01. The molecule has 138 valence electrons. The zero-order valence-electron chi connectivity index (χ0n) is 14.1. The summed E-state index contributed by atoms with van der Waals surface area (Å²) in [6.07, 6.45) is 3.27. The minimum absolute atomic E-state index is 0.0436. The molecule has 2 aromatic rings. The first kappa shape index (κ1) is 17.9. The van der Waals surface area contributed by atoms with Gasteiger partial charge in [-0.25, -0.2) is 13.5 Å². The maximum Gasteiger partial charge on any atom is 0.277 e. The summed E-state index contributed by atoms with van der Waals surface area (Å²) in [6.45, 7) is 2.94. The molecule has 0 unspecified atom stereocenters. The van der Waals surface area contributed by atoms with Crippen LogP contribution in [0.4, 0.5) is 20.2 Å². The highest BCUT2D eigenvalue weighted by atomic mass is 19.2. The molecular weight excluding hydrogens is 346 g/mol. The number of nitrogens with zero attached hydrogens (tertiary/aromatic N) is 3. The Hall–Kier alpha value is -2.88. The summed E-state index contributed by atoms with van der Waals surface area (Å²) >= 11 is 0. The van der Waals surface area contributed by atoms with Crippen LogP contribution in [-0.2, 0) is 4.79 Å². The predicted octanol–water partition coefficient (Wildman–Crippen LogP) is 1.69. The summed E-state index contributed by atoms with van der Waals surface area (Å²) in [5, 5.41) is 15.8. The average molecular weight is 364 g/mol. The molecular formula is C16H18F2N6O2. The Labute approximate surface area is 148 Å². The van der Waals surface area contributed by atoms with Crippen molar-refractivity contribution in [1.82, 2.24) is 20.3 Å². The zero-order valence-corrected chi connectivity index (χ0v) is 14.1. The number of halogens is 2. The van der Waals surface area contributed by atoms with E-state index in [0.29, 0.717) is 0 Å². The van der Waals surface area contributed by atoms with Gasteiger partial charge >= 0.3 is 0 Å². The maximum atomic E-state index is 13.5. The Kier molecular flexibility index (Phi) is 5.21. The molecule has 2 amide bonds. The van der Waals surface area contributed by atoms with Crippen LogP contribution in [0.3, 0.4) is 0 Å². The van der Waals surface area contributed by atoms with Crippen LogP contribution in [0.5, 0.6) is 0 Å². The third kappa shape index (κ3) is 4.02. The number of hydrogen-bond donors (Lipinski definition) is 3. The third-order valence-corrected chi connectivity index (χ3v) is 4.05. The van der Waals surface area contributed by atoms with Crippen molar-refractivity contribution in [3.8, 4) is 0 Å². The lowest BCUT2D eigenvalue weighted by Gasteiger charge is -2.22. The lowest BCUT2D eigenvalue weighted by Crippen LogP contribution is -2.29. The smallest absolute Gasteiger partial charge is 0.277 e. The molecule has 0 bridgehead atoms. The van der Waals surface area contributed by atoms with E-state index in [-0.39, 0.29) is 23.1 Å². The maximum absolute atomic E-state index is 13.5. The average Bonchev–Trinajstić information content (AvgIpc) is 3.10. The van der Waals surface area contributed by atoms with Gasteiger partial charge in [0, 0.05) is 19.1 Å². The van der Waals surface area contributed by atoms with Crippen LogP contribution < -0.4 is 16.0 Å². The number of piperidine rings is 1. The molecule has 10 heteroatoms. The van der Waals surface area contributed by atoms with Gasteiger partial charge in [0.1, 0.15) is 0 Å². The number of benzene rings is 1. The number of hydrogen-bond acceptors (Lipinski definition) is 5. The SMILES string of the molecule is CC(=O)Nc1cc(F)c(F)cc1NC(=O)c1cn(C2CCNCC2)nn1. The van der Waals surface area contributed by atoms with Gasteiger partial charge in [-0.1, -0.05) is 5.21 Å². The van der Waals surface area contributed by atoms with E-state index in [0.717, 1.165) is 38.1 Å². The van der Waals surface area contributed by atoms with Crippen molar-refractivity contribution in [2.24, 2.45) is 0 Å². The fourth-order valence-corrected chi connectivity index (χ4v) is 2.76. The number of rotatable bonds is 4. The molecule has 1 aromatic heterocycles. The summed E-state index contributed by atoms with van der Waals surface area (Å²) in [6, 6.07) is 1.76. The molecule has 0 atom stereocenters. The van der Waals surface area contributed by atoms with Crippen molar-refractivity contribution in [1.29, 1.82) is 0 Å². The first-order valence-electron chi connectivity index (χ1n) is 8.14. The highest BCUT2D eigenvalue weighted by Gasteiger charge is 2.20. The van der Waals surface area contributed by atoms with E-state index in [1.54, 1.807) is 4.68 Å². The van der Waals surface area contributed by atoms with Crippen LogP contribution in [0.15, 0.2) is 18.3 Å². The zero-order chi connectivity index (χ0) is 18.7. The quantitative estimate of drug-likeness (QED) is 0.767. The van der Waals surface area contributed by atoms with Crippen LogP contribution in [0, 0.1) is 11.6 Å². The summed E-state index contributed by atoms with van der Waals surface area (Å²) in [5.74, 6) is -3.40. The van der Waals surface area contributed by atoms with Crippen LogP contribution in [0.1, 0.15) is 36.3 Å². The summed E-state index contributed by atoms with van der Waals surface area (Å²) in [7, 11) is 0. The van der Waals surface area contributed by atoms with Gasteiger partial charge in [0.25, 0.3) is 5.91 Å². The topological polar surface area (TPSA) is 101 Å². The first-order valence-corrected chi connectivity index (χ1v) is 8.14. The summed E-state index contributed by atoms with van der Waals surface area (Å²) in [4.78, 5) is 23.6. The molecule has 3 N–H and O–H groups in total. The van der Waals surface area contributed by atoms with E-state index >= 15 is 0 Å². The Morgan fingerprint density at radius 2 is 1.77 bits per heavy atom. The van der Waals surface area contributed by atoms with E-state index in [2.05, 4.69) is 26.3 Å². The van der Waals surface area contributed by atoms with Crippen LogP contribution >= 0.6 is 0 Å². The van der Waals surface area contributed by atoms with Gasteiger partial charge in [0.15, 0.2) is 17.3 Å². The predicted molar refractivity (Wildman–Crippen MR) is 89.8 cm³/mol. The second-order valence-corrected chi connectivity index (χ2v) is 6.01. The van der Waals surface area contributed by atoms with Gasteiger partial charge < -0.3 is 16.0 Å². The van der Waals surface area contributed by atoms with Gasteiger partial charge in [-0.15, -0.1) is 5.10 Å². The highest BCUT2D eigenvalue weighted by molar-refractivity contribution is 6.05. The largest absolute Gasteiger partial charge is 0.324 e. The van der Waals surface area contributed by atoms with Crippen molar-refractivity contribution in [3.05, 3.63) is 35.7 Å². The molecule has 1 aromatic carbocycles. The van der Waals surface area contributed by atoms with Gasteiger partial charge in [0.2, 0.25) is 5.91 Å². The minimum Gasteiger partial charge on any atom is -0.324 e. The standard InChI is InChI=1S/C16H18F2N6O2/c1-9(25)20-13-6-11(17)12(18)7-14(13)21-16(26)15-8-24(23-22-15)10-2-4-19-5-3-10/h6-8,10,19H,2-5H2,1H3,(H,20,25)(H,21,26). The monoisotopic (exact) mass is 364 g/mol. The lowest BCUT2D eigenvalue weighted by molar-refractivity contribution is -0.114. The Bertz CT molecular complexity index is 832. The summed E-state index contributed by atoms with van der Waals surface area (Å²) in [5.41, 5.74) is -0.0712. The Balaban J connectivity index is 1.78. The lowest BCUT2D eigenvalue weighted by atomic mass is 10.1. The van der Waals surface area contributed by atoms with Crippen molar-refractivity contribution in [3.63, 3.8) is 0 Å². The van der Waals surface area contributed by atoms with Crippen molar-refractivity contribution in [2.45, 2.75) is 25.8 Å². The van der Waals surface area contributed by atoms with Crippen molar-refractivity contribution in [2.75, 3.05) is 23.7 Å². The van der Waals surface area contributed by atoms with Crippen LogP contribution in [0.2, 0.25) is 0 Å². The molecule has 8 nitrogen and oxygen atoms in total. The molecule has 0 aliphatic carbocycles. The van der Waals surface area contributed by atoms with Crippen LogP contribution in [0.25, 0.3) is 0 Å².